The zero-order valence-electron chi connectivity index (χ0n) is 20.9. The average Bonchev–Trinajstić information content (AvgIpc) is 2.91. The molecule has 1 fully saturated rings. The van der Waals surface area contributed by atoms with Gasteiger partial charge in [-0.05, 0) is 53.8 Å². The number of rotatable bonds is 8. The van der Waals surface area contributed by atoms with Gasteiger partial charge in [0.2, 0.25) is 0 Å². The zero-order chi connectivity index (χ0) is 26.4. The van der Waals surface area contributed by atoms with Gasteiger partial charge in [0.05, 0.1) is 31.2 Å². The molecule has 0 unspecified atom stereocenters. The number of carboxylic acids is 1. The smallest absolute Gasteiger partial charge is 0.326 e. The summed E-state index contributed by atoms with van der Waals surface area (Å²) in [7, 11) is 3.01. The number of carboxylic acid groups (broad SMARTS) is 1. The summed E-state index contributed by atoms with van der Waals surface area (Å²) in [5, 5.41) is 19.6. The molecule has 0 spiro atoms. The lowest BCUT2D eigenvalue weighted by molar-refractivity contribution is -0.141. The summed E-state index contributed by atoms with van der Waals surface area (Å²) in [6.45, 7) is 0. The average molecular weight is 506 g/mol. The van der Waals surface area contributed by atoms with E-state index in [2.05, 4.69) is 16.0 Å². The minimum absolute atomic E-state index is 0.127. The number of fused-ring (bicyclic) bond motifs is 1. The van der Waals surface area contributed by atoms with E-state index in [0.29, 0.717) is 17.2 Å². The molecule has 0 aromatic heterocycles. The lowest BCUT2D eigenvalue weighted by Gasteiger charge is -2.28. The molecule has 1 atom stereocenters. The van der Waals surface area contributed by atoms with Crippen molar-refractivity contribution in [3.63, 3.8) is 0 Å². The minimum atomic E-state index is -1.06. The van der Waals surface area contributed by atoms with E-state index in [1.165, 1.54) is 14.2 Å². The third-order valence-corrected chi connectivity index (χ3v) is 6.71. The standard InChI is InChI=1S/C28H31N3O6/c1-36-20-12-13-22(24(16-20)37-2)29-28(35)30-23-15-19-11-7-6-10-18(19)14-21(23)26(32)31-25(27(33)34)17-8-4-3-5-9-17/h6-7,10-17,25H,3-5,8-9H2,1-2H3,(H,31,32)(H,33,34)(H2,29,30,35)/t25-/m0/s1. The summed E-state index contributed by atoms with van der Waals surface area (Å²) in [6, 6.07) is 14.2. The summed E-state index contributed by atoms with van der Waals surface area (Å²) >= 11 is 0. The van der Waals surface area contributed by atoms with Crippen molar-refractivity contribution >= 4 is 40.1 Å². The van der Waals surface area contributed by atoms with Crippen molar-refractivity contribution < 1.29 is 29.0 Å². The molecule has 1 aliphatic rings. The second-order valence-corrected chi connectivity index (χ2v) is 9.08. The number of amides is 3. The number of hydrogen-bond donors (Lipinski definition) is 4. The summed E-state index contributed by atoms with van der Waals surface area (Å²) in [5.74, 6) is -0.760. The van der Waals surface area contributed by atoms with Crippen molar-refractivity contribution in [3.05, 3.63) is 60.2 Å². The molecular weight excluding hydrogens is 474 g/mol. The molecule has 194 valence electrons. The molecule has 4 N–H and O–H groups in total. The maximum absolute atomic E-state index is 13.4. The van der Waals surface area contributed by atoms with Crippen LogP contribution in [-0.4, -0.2) is 43.3 Å². The predicted octanol–water partition coefficient (Wildman–Crippen LogP) is 5.26. The van der Waals surface area contributed by atoms with Crippen LogP contribution in [0.5, 0.6) is 11.5 Å². The van der Waals surface area contributed by atoms with Gasteiger partial charge in [0.1, 0.15) is 17.5 Å². The molecule has 0 heterocycles. The largest absolute Gasteiger partial charge is 0.497 e. The van der Waals surface area contributed by atoms with Gasteiger partial charge in [-0.15, -0.1) is 0 Å². The number of anilines is 2. The fraction of sp³-hybridized carbons (Fsp3) is 0.321. The molecule has 9 nitrogen and oxygen atoms in total. The van der Waals surface area contributed by atoms with E-state index < -0.39 is 23.9 Å². The molecule has 3 amide bonds. The van der Waals surface area contributed by atoms with Gasteiger partial charge in [-0.3, -0.25) is 4.79 Å². The fourth-order valence-electron chi connectivity index (χ4n) is 4.78. The molecule has 0 bridgehead atoms. The Morgan fingerprint density at radius 2 is 1.54 bits per heavy atom. The number of benzene rings is 3. The molecule has 0 aliphatic heterocycles. The molecule has 37 heavy (non-hydrogen) atoms. The van der Waals surface area contributed by atoms with Gasteiger partial charge in [0.15, 0.2) is 0 Å². The molecule has 0 saturated heterocycles. The van der Waals surface area contributed by atoms with Crippen molar-refractivity contribution in [1.82, 2.24) is 5.32 Å². The Balaban J connectivity index is 1.61. The number of urea groups is 1. The lowest BCUT2D eigenvalue weighted by Crippen LogP contribution is -2.46. The van der Waals surface area contributed by atoms with E-state index in [9.17, 15) is 19.5 Å². The van der Waals surface area contributed by atoms with Crippen molar-refractivity contribution in [3.8, 4) is 11.5 Å². The number of aliphatic carboxylic acids is 1. The SMILES string of the molecule is COc1ccc(NC(=O)Nc2cc3ccccc3cc2C(=O)N[C@H](C(=O)O)C2CCCCC2)c(OC)c1. The topological polar surface area (TPSA) is 126 Å². The molecule has 1 saturated carbocycles. The summed E-state index contributed by atoms with van der Waals surface area (Å²) < 4.78 is 10.5. The molecule has 9 heteroatoms. The monoisotopic (exact) mass is 505 g/mol. The van der Waals surface area contributed by atoms with E-state index in [0.717, 1.165) is 42.9 Å². The van der Waals surface area contributed by atoms with Gasteiger partial charge < -0.3 is 30.5 Å². The first-order valence-electron chi connectivity index (χ1n) is 12.3. The number of hydrogen-bond acceptors (Lipinski definition) is 5. The Bertz CT molecular complexity index is 1300. The Morgan fingerprint density at radius 3 is 2.19 bits per heavy atom. The van der Waals surface area contributed by atoms with Gasteiger partial charge >= 0.3 is 12.0 Å². The fourth-order valence-corrected chi connectivity index (χ4v) is 4.78. The zero-order valence-corrected chi connectivity index (χ0v) is 20.9. The van der Waals surface area contributed by atoms with Crippen molar-refractivity contribution in [2.75, 3.05) is 24.9 Å². The lowest BCUT2D eigenvalue weighted by atomic mass is 9.83. The van der Waals surface area contributed by atoms with Gasteiger partial charge in [0, 0.05) is 6.07 Å². The highest BCUT2D eigenvalue weighted by Gasteiger charge is 2.31. The van der Waals surface area contributed by atoms with Crippen LogP contribution in [-0.2, 0) is 4.79 Å². The summed E-state index contributed by atoms with van der Waals surface area (Å²) in [5.41, 5.74) is 0.849. The van der Waals surface area contributed by atoms with Crippen molar-refractivity contribution in [1.29, 1.82) is 0 Å². The molecule has 3 aromatic rings. The van der Waals surface area contributed by atoms with Crippen LogP contribution >= 0.6 is 0 Å². The molecule has 0 radical (unpaired) electrons. The molecule has 1 aliphatic carbocycles. The molecular formula is C28H31N3O6. The number of carbonyl (C=O) groups is 3. The van der Waals surface area contributed by atoms with Crippen LogP contribution in [0.1, 0.15) is 42.5 Å². The van der Waals surface area contributed by atoms with Crippen molar-refractivity contribution in [2.45, 2.75) is 38.1 Å². The van der Waals surface area contributed by atoms with Gasteiger partial charge in [0.25, 0.3) is 5.91 Å². The number of carbonyl (C=O) groups excluding carboxylic acids is 2. The predicted molar refractivity (Wildman–Crippen MR) is 142 cm³/mol. The number of methoxy groups -OCH3 is 2. The highest BCUT2D eigenvalue weighted by atomic mass is 16.5. The van der Waals surface area contributed by atoms with E-state index in [1.807, 2.05) is 24.3 Å². The second-order valence-electron chi connectivity index (χ2n) is 9.08. The minimum Gasteiger partial charge on any atom is -0.497 e. The van der Waals surface area contributed by atoms with E-state index >= 15 is 0 Å². The first kappa shape index (κ1) is 25.8. The quantitative estimate of drug-likeness (QED) is 0.331. The summed E-state index contributed by atoms with van der Waals surface area (Å²) in [4.78, 5) is 38.4. The van der Waals surface area contributed by atoms with Crippen LogP contribution < -0.4 is 25.4 Å². The van der Waals surface area contributed by atoms with Crippen LogP contribution in [0.25, 0.3) is 10.8 Å². The third-order valence-electron chi connectivity index (χ3n) is 6.71. The Kier molecular flexibility index (Phi) is 8.12. The maximum Gasteiger partial charge on any atom is 0.326 e. The van der Waals surface area contributed by atoms with Gasteiger partial charge in [-0.1, -0.05) is 43.5 Å². The van der Waals surface area contributed by atoms with Gasteiger partial charge in [-0.25, -0.2) is 9.59 Å². The number of nitrogens with one attached hydrogen (secondary N) is 3. The molecule has 3 aromatic carbocycles. The normalized spacial score (nSPS) is 14.4. The Morgan fingerprint density at radius 1 is 0.865 bits per heavy atom. The second kappa shape index (κ2) is 11.6. The van der Waals surface area contributed by atoms with Crippen LogP contribution in [0, 0.1) is 5.92 Å². The Hall–Kier alpha value is -4.27. The first-order chi connectivity index (χ1) is 17.9. The maximum atomic E-state index is 13.4. The van der Waals surface area contributed by atoms with Crippen LogP contribution in [0.3, 0.4) is 0 Å². The molecule has 4 rings (SSSR count). The Labute approximate surface area is 215 Å². The summed E-state index contributed by atoms with van der Waals surface area (Å²) in [6.07, 6.45) is 4.48. The van der Waals surface area contributed by atoms with E-state index in [1.54, 1.807) is 30.3 Å². The van der Waals surface area contributed by atoms with E-state index in [-0.39, 0.29) is 17.2 Å². The first-order valence-corrected chi connectivity index (χ1v) is 12.3. The van der Waals surface area contributed by atoms with Crippen LogP contribution in [0.4, 0.5) is 16.2 Å². The van der Waals surface area contributed by atoms with Gasteiger partial charge in [-0.2, -0.15) is 0 Å². The van der Waals surface area contributed by atoms with Crippen molar-refractivity contribution in [2.24, 2.45) is 5.92 Å². The van der Waals surface area contributed by atoms with E-state index in [4.69, 9.17) is 9.47 Å². The highest BCUT2D eigenvalue weighted by Crippen LogP contribution is 2.31. The van der Waals surface area contributed by atoms with Crippen LogP contribution in [0.2, 0.25) is 0 Å². The highest BCUT2D eigenvalue weighted by molar-refractivity contribution is 6.10. The number of ether oxygens (including phenoxy) is 2. The third kappa shape index (κ3) is 6.11. The van der Waals surface area contributed by atoms with Crippen LogP contribution in [0.15, 0.2) is 54.6 Å².